The molecule has 202 valence electrons. The average Bonchev–Trinajstić information content (AvgIpc) is 3.29. The molecule has 0 radical (unpaired) electrons. The maximum atomic E-state index is 13.9. The number of piperazine rings is 1. The van der Waals surface area contributed by atoms with Gasteiger partial charge in [0, 0.05) is 58.2 Å². The third-order valence-electron chi connectivity index (χ3n) is 7.93. The molecule has 2 saturated heterocycles. The van der Waals surface area contributed by atoms with Crippen molar-refractivity contribution in [3.8, 4) is 0 Å². The molecule has 9 nitrogen and oxygen atoms in total. The number of nitrogens with one attached hydrogen (secondary N) is 1. The fourth-order valence-corrected chi connectivity index (χ4v) is 5.71. The van der Waals surface area contributed by atoms with E-state index < -0.39 is 22.9 Å². The van der Waals surface area contributed by atoms with Crippen molar-refractivity contribution in [1.29, 1.82) is 0 Å². The van der Waals surface area contributed by atoms with Gasteiger partial charge in [-0.3, -0.25) is 4.79 Å². The first-order valence-electron chi connectivity index (χ1n) is 12.5. The zero-order chi connectivity index (χ0) is 26.1. The van der Waals surface area contributed by atoms with Crippen LogP contribution in [0.25, 0.3) is 0 Å². The Kier molecular flexibility index (Phi) is 7.80. The normalized spacial score (nSPS) is 30.0. The highest BCUT2D eigenvalue weighted by Crippen LogP contribution is 2.48. The predicted molar refractivity (Wildman–Crippen MR) is 125 cm³/mol. The molecule has 1 aliphatic carbocycles. The second-order valence-corrected chi connectivity index (χ2v) is 10.5. The van der Waals surface area contributed by atoms with Crippen LogP contribution < -0.4 is 10.2 Å². The van der Waals surface area contributed by atoms with Crippen molar-refractivity contribution in [2.24, 2.45) is 5.41 Å². The van der Waals surface area contributed by atoms with E-state index in [2.05, 4.69) is 15.3 Å². The quantitative estimate of drug-likeness (QED) is 0.592. The van der Waals surface area contributed by atoms with Gasteiger partial charge < -0.3 is 29.7 Å². The molecule has 1 aromatic rings. The molecule has 3 aliphatic rings. The third kappa shape index (κ3) is 5.46. The van der Waals surface area contributed by atoms with Crippen molar-refractivity contribution in [1.82, 2.24) is 20.2 Å². The Morgan fingerprint density at radius 2 is 1.97 bits per heavy atom. The molecule has 1 aromatic heterocycles. The summed E-state index contributed by atoms with van der Waals surface area (Å²) in [6.45, 7) is 5.82. The van der Waals surface area contributed by atoms with E-state index in [0.29, 0.717) is 52.2 Å². The van der Waals surface area contributed by atoms with Crippen LogP contribution in [0.2, 0.25) is 0 Å². The van der Waals surface area contributed by atoms with Crippen LogP contribution in [0.3, 0.4) is 0 Å². The van der Waals surface area contributed by atoms with Crippen LogP contribution in [-0.4, -0.2) is 96.2 Å². The molecule has 0 spiro atoms. The highest BCUT2D eigenvalue weighted by molar-refractivity contribution is 5.85. The summed E-state index contributed by atoms with van der Waals surface area (Å²) in [6.07, 6.45) is -0.887. The van der Waals surface area contributed by atoms with Crippen molar-refractivity contribution in [2.45, 2.75) is 69.5 Å². The number of aliphatic hydroxyl groups is 1. The number of hydrogen-bond donors (Lipinski definition) is 2. The summed E-state index contributed by atoms with van der Waals surface area (Å²) in [4.78, 5) is 24.9. The molecule has 3 heterocycles. The van der Waals surface area contributed by atoms with Crippen molar-refractivity contribution in [3.63, 3.8) is 0 Å². The Hall–Kier alpha value is -2.02. The van der Waals surface area contributed by atoms with Crippen molar-refractivity contribution < 1.29 is 32.5 Å². The van der Waals surface area contributed by atoms with Crippen molar-refractivity contribution in [2.75, 3.05) is 51.4 Å². The molecule has 2 aliphatic heterocycles. The lowest BCUT2D eigenvalue weighted by Gasteiger charge is -2.45. The molecule has 4 atom stereocenters. The fourth-order valence-electron chi connectivity index (χ4n) is 5.71. The number of carbonyl (C=O) groups excluding carboxylic acids is 1. The molecule has 1 unspecified atom stereocenters. The molecule has 36 heavy (non-hydrogen) atoms. The topological polar surface area (TPSA) is 100 Å². The Morgan fingerprint density at radius 3 is 2.61 bits per heavy atom. The van der Waals surface area contributed by atoms with Crippen LogP contribution in [0.5, 0.6) is 0 Å². The number of halogens is 3. The summed E-state index contributed by atoms with van der Waals surface area (Å²) in [5, 5.41) is 14.8. The zero-order valence-electron chi connectivity index (χ0n) is 21.1. The lowest BCUT2D eigenvalue weighted by molar-refractivity contribution is -0.158. The molecule has 1 amide bonds. The molecule has 0 bridgehead atoms. The fraction of sp³-hybridized carbons (Fsp3) is 0.792. The number of amides is 1. The first kappa shape index (κ1) is 27.0. The van der Waals surface area contributed by atoms with Gasteiger partial charge in [-0.2, -0.15) is 13.2 Å². The van der Waals surface area contributed by atoms with E-state index in [0.717, 1.165) is 25.1 Å². The SMILES string of the molecule is COC1COCC[C@H]1N[C@@H]1CC[C@@](C(=O)N2CCN(c3nccc(C(F)(F)F)n3)CC2)(C(C)(C)O)C1. The third-order valence-corrected chi connectivity index (χ3v) is 7.93. The molecule has 12 heteroatoms. The number of hydrogen-bond acceptors (Lipinski definition) is 8. The largest absolute Gasteiger partial charge is 0.433 e. The van der Waals surface area contributed by atoms with Gasteiger partial charge in [0.1, 0.15) is 5.69 Å². The Bertz CT molecular complexity index is 920. The van der Waals surface area contributed by atoms with E-state index >= 15 is 0 Å². The van der Waals surface area contributed by atoms with E-state index in [1.54, 1.807) is 30.8 Å². The van der Waals surface area contributed by atoms with Crippen molar-refractivity contribution >= 4 is 11.9 Å². The number of rotatable bonds is 6. The minimum atomic E-state index is -4.55. The summed E-state index contributed by atoms with van der Waals surface area (Å²) in [6, 6.07) is 1.02. The number of nitrogens with zero attached hydrogens (tertiary/aromatic N) is 4. The first-order chi connectivity index (χ1) is 16.9. The van der Waals surface area contributed by atoms with Gasteiger partial charge in [0.15, 0.2) is 0 Å². The van der Waals surface area contributed by atoms with Crippen LogP contribution in [0, 0.1) is 5.41 Å². The lowest BCUT2D eigenvalue weighted by atomic mass is 9.70. The zero-order valence-corrected chi connectivity index (χ0v) is 21.1. The van der Waals surface area contributed by atoms with E-state index in [-0.39, 0.29) is 30.0 Å². The van der Waals surface area contributed by atoms with Crippen LogP contribution >= 0.6 is 0 Å². The van der Waals surface area contributed by atoms with E-state index in [1.165, 1.54) is 0 Å². The van der Waals surface area contributed by atoms with Gasteiger partial charge >= 0.3 is 6.18 Å². The van der Waals surface area contributed by atoms with Crippen LogP contribution in [0.1, 0.15) is 45.2 Å². The predicted octanol–water partition coefficient (Wildman–Crippen LogP) is 1.85. The molecule has 2 N–H and O–H groups in total. The summed E-state index contributed by atoms with van der Waals surface area (Å²) < 4.78 is 50.2. The van der Waals surface area contributed by atoms with E-state index in [1.807, 2.05) is 0 Å². The number of carbonyl (C=O) groups is 1. The Balaban J connectivity index is 1.42. The Morgan fingerprint density at radius 1 is 1.25 bits per heavy atom. The van der Waals surface area contributed by atoms with Crippen LogP contribution in [-0.2, 0) is 20.4 Å². The molecular weight excluding hydrogens is 479 g/mol. The van der Waals surface area contributed by atoms with Gasteiger partial charge in [-0.15, -0.1) is 0 Å². The second-order valence-electron chi connectivity index (χ2n) is 10.5. The second kappa shape index (κ2) is 10.4. The monoisotopic (exact) mass is 515 g/mol. The number of alkyl halides is 3. The van der Waals surface area contributed by atoms with Gasteiger partial charge in [0.05, 0.1) is 23.7 Å². The molecule has 0 aromatic carbocycles. The number of ether oxygens (including phenoxy) is 2. The summed E-state index contributed by atoms with van der Waals surface area (Å²) in [5.41, 5.74) is -3.18. The molecule has 3 fully saturated rings. The summed E-state index contributed by atoms with van der Waals surface area (Å²) in [5.74, 6) is -0.109. The number of methoxy groups -OCH3 is 1. The lowest BCUT2D eigenvalue weighted by Crippen LogP contribution is -2.59. The van der Waals surface area contributed by atoms with Gasteiger partial charge in [-0.25, -0.2) is 9.97 Å². The van der Waals surface area contributed by atoms with Crippen LogP contribution in [0.4, 0.5) is 19.1 Å². The smallest absolute Gasteiger partial charge is 0.389 e. The standard InChI is InChI=1S/C24H36F3N5O4/c1-22(2,34)23(7-4-16(14-23)29-17-6-13-36-15-18(17)35-3)20(33)31-9-11-32(12-10-31)21-28-8-5-19(30-21)24(25,26)27/h5,8,16-18,29,34H,4,6-7,9-15H2,1-3H3/t16-,17-,18?,23-/m1/s1. The van der Waals surface area contributed by atoms with E-state index in [9.17, 15) is 23.1 Å². The molecular formula is C24H36F3N5O4. The molecule has 1 saturated carbocycles. The number of aromatic nitrogens is 2. The first-order valence-corrected chi connectivity index (χ1v) is 12.5. The minimum absolute atomic E-state index is 0.00316. The molecule has 4 rings (SSSR count). The Labute approximate surface area is 209 Å². The van der Waals surface area contributed by atoms with Gasteiger partial charge in [0.2, 0.25) is 11.9 Å². The van der Waals surface area contributed by atoms with Gasteiger partial charge in [0.25, 0.3) is 0 Å². The van der Waals surface area contributed by atoms with Crippen LogP contribution in [0.15, 0.2) is 12.3 Å². The van der Waals surface area contributed by atoms with Gasteiger partial charge in [-0.1, -0.05) is 0 Å². The average molecular weight is 516 g/mol. The maximum absolute atomic E-state index is 13.9. The number of anilines is 1. The minimum Gasteiger partial charge on any atom is -0.389 e. The van der Waals surface area contributed by atoms with E-state index in [4.69, 9.17) is 9.47 Å². The summed E-state index contributed by atoms with van der Waals surface area (Å²) >= 11 is 0. The highest BCUT2D eigenvalue weighted by atomic mass is 19.4. The van der Waals surface area contributed by atoms with Crippen molar-refractivity contribution in [3.05, 3.63) is 18.0 Å². The highest BCUT2D eigenvalue weighted by Gasteiger charge is 2.56. The maximum Gasteiger partial charge on any atom is 0.433 e. The van der Waals surface area contributed by atoms with Gasteiger partial charge in [-0.05, 0) is 45.6 Å². The summed E-state index contributed by atoms with van der Waals surface area (Å²) in [7, 11) is 1.66.